The smallest absolute Gasteiger partial charge is 0.410 e. The molecule has 0 unspecified atom stereocenters. The first-order valence-corrected chi connectivity index (χ1v) is 9.88. The van der Waals surface area contributed by atoms with Crippen LogP contribution in [0, 0.1) is 0 Å². The van der Waals surface area contributed by atoms with E-state index in [2.05, 4.69) is 17.0 Å². The van der Waals surface area contributed by atoms with Crippen molar-refractivity contribution in [3.63, 3.8) is 0 Å². The van der Waals surface area contributed by atoms with Crippen molar-refractivity contribution in [2.24, 2.45) is 0 Å². The molecule has 0 spiro atoms. The van der Waals surface area contributed by atoms with E-state index < -0.39 is 11.7 Å². The molecule has 0 saturated heterocycles. The first-order chi connectivity index (χ1) is 13.5. The summed E-state index contributed by atoms with van der Waals surface area (Å²) in [4.78, 5) is 35.2. The predicted molar refractivity (Wildman–Crippen MR) is 107 cm³/mol. The summed E-state index contributed by atoms with van der Waals surface area (Å²) in [6, 6.07) is 1.34. The monoisotopic (exact) mass is 393 g/mol. The molecular formula is C21H31NO6. The molecule has 1 aromatic rings. The number of aromatic hydroxyl groups is 1. The molecule has 1 aromatic heterocycles. The zero-order valence-electron chi connectivity index (χ0n) is 16.8. The average molecular weight is 393 g/mol. The molecule has 0 aliphatic carbocycles. The standard InChI is InChI=1S/C21H31NO6/c1-3-4-5-6-7-10-13-17(23)19-18(24)15-16(28-20(19)25)12-9-8-11-14-22-21(26)27-2/h11,14-15,24H,3-10,12-13H2,1-2H3,(H,22,26)/b14-11+. The number of Topliss-reactive ketones (excluding diaryl/α,β-unsaturated/α-hetero) is 1. The number of unbranched alkanes of at least 4 members (excludes halogenated alkanes) is 6. The van der Waals surface area contributed by atoms with E-state index in [4.69, 9.17) is 4.42 Å². The number of hydrogen-bond donors (Lipinski definition) is 2. The van der Waals surface area contributed by atoms with Crippen LogP contribution in [-0.4, -0.2) is 24.1 Å². The van der Waals surface area contributed by atoms with Crippen molar-refractivity contribution >= 4 is 11.9 Å². The van der Waals surface area contributed by atoms with Crippen molar-refractivity contribution in [2.45, 2.75) is 71.1 Å². The van der Waals surface area contributed by atoms with Gasteiger partial charge in [-0.1, -0.05) is 45.1 Å². The largest absolute Gasteiger partial charge is 0.507 e. The maximum Gasteiger partial charge on any atom is 0.410 e. The van der Waals surface area contributed by atoms with E-state index in [-0.39, 0.29) is 23.5 Å². The molecular weight excluding hydrogens is 362 g/mol. The van der Waals surface area contributed by atoms with Crippen LogP contribution in [0.4, 0.5) is 4.79 Å². The Kier molecular flexibility index (Phi) is 11.4. The van der Waals surface area contributed by atoms with E-state index in [1.54, 1.807) is 6.08 Å². The van der Waals surface area contributed by atoms with Gasteiger partial charge in [-0.2, -0.15) is 0 Å². The van der Waals surface area contributed by atoms with E-state index in [1.165, 1.54) is 32.2 Å². The van der Waals surface area contributed by atoms with Crippen LogP contribution in [0.1, 0.15) is 80.8 Å². The summed E-state index contributed by atoms with van der Waals surface area (Å²) in [5.41, 5.74) is -1.03. The number of ether oxygens (including phenoxy) is 1. The first kappa shape index (κ1) is 23.5. The number of amides is 1. The first-order valence-electron chi connectivity index (χ1n) is 9.88. The Morgan fingerprint density at radius 1 is 1.18 bits per heavy atom. The lowest BCUT2D eigenvalue weighted by Gasteiger charge is -2.05. The summed E-state index contributed by atoms with van der Waals surface area (Å²) in [7, 11) is 1.28. The van der Waals surface area contributed by atoms with Gasteiger partial charge in [0.25, 0.3) is 0 Å². The zero-order valence-corrected chi connectivity index (χ0v) is 16.8. The predicted octanol–water partition coefficient (Wildman–Crippen LogP) is 4.47. The summed E-state index contributed by atoms with van der Waals surface area (Å²) < 4.78 is 9.60. The second-order valence-corrected chi connectivity index (χ2v) is 6.63. The fraction of sp³-hybridized carbons (Fsp3) is 0.571. The second kappa shape index (κ2) is 13.6. The molecule has 0 fully saturated rings. The van der Waals surface area contributed by atoms with Gasteiger partial charge in [-0.05, 0) is 19.3 Å². The molecule has 1 amide bonds. The van der Waals surface area contributed by atoms with Crippen LogP contribution in [0.25, 0.3) is 0 Å². The number of alkyl carbamates (subject to hydrolysis) is 1. The molecule has 0 bridgehead atoms. The van der Waals surface area contributed by atoms with Crippen LogP contribution in [0.2, 0.25) is 0 Å². The average Bonchev–Trinajstić information content (AvgIpc) is 2.66. The minimum absolute atomic E-state index is 0.238. The highest BCUT2D eigenvalue weighted by Gasteiger charge is 2.18. The Labute approximate surface area is 165 Å². The SMILES string of the molecule is CCCCCCCCC(=O)c1c(O)cc(CCC/C=C/NC(=O)OC)oc1=O. The Morgan fingerprint density at radius 2 is 1.89 bits per heavy atom. The molecule has 28 heavy (non-hydrogen) atoms. The number of methoxy groups -OCH3 is 1. The molecule has 0 atom stereocenters. The third-order valence-corrected chi connectivity index (χ3v) is 4.32. The number of nitrogens with one attached hydrogen (secondary N) is 1. The number of ketones is 1. The van der Waals surface area contributed by atoms with Gasteiger partial charge >= 0.3 is 11.7 Å². The Morgan fingerprint density at radius 3 is 2.57 bits per heavy atom. The summed E-state index contributed by atoms with van der Waals surface area (Å²) >= 11 is 0. The molecule has 7 heteroatoms. The summed E-state index contributed by atoms with van der Waals surface area (Å²) in [6.07, 6.45) is 10.8. The van der Waals surface area contributed by atoms with Crippen molar-refractivity contribution in [1.82, 2.24) is 5.32 Å². The second-order valence-electron chi connectivity index (χ2n) is 6.63. The van der Waals surface area contributed by atoms with Gasteiger partial charge < -0.3 is 14.3 Å². The van der Waals surface area contributed by atoms with E-state index in [0.717, 1.165) is 19.3 Å². The molecule has 0 aliphatic rings. The number of hydrogen-bond acceptors (Lipinski definition) is 6. The topological polar surface area (TPSA) is 106 Å². The maximum atomic E-state index is 12.2. The Hall–Kier alpha value is -2.57. The number of rotatable bonds is 13. The van der Waals surface area contributed by atoms with Gasteiger partial charge in [-0.3, -0.25) is 10.1 Å². The fourth-order valence-corrected chi connectivity index (χ4v) is 2.76. The number of carbonyl (C=O) groups is 2. The molecule has 0 aromatic carbocycles. The third kappa shape index (κ3) is 8.88. The number of allylic oxidation sites excluding steroid dienone is 1. The molecule has 156 valence electrons. The lowest BCUT2D eigenvalue weighted by Crippen LogP contribution is -2.16. The minimum Gasteiger partial charge on any atom is -0.507 e. The van der Waals surface area contributed by atoms with Gasteiger partial charge in [0.05, 0.1) is 7.11 Å². The summed E-state index contributed by atoms with van der Waals surface area (Å²) in [5, 5.41) is 12.5. The van der Waals surface area contributed by atoms with Gasteiger partial charge in [0.1, 0.15) is 17.1 Å². The summed E-state index contributed by atoms with van der Waals surface area (Å²) in [5.74, 6) is -0.358. The molecule has 0 radical (unpaired) electrons. The lowest BCUT2D eigenvalue weighted by molar-refractivity contribution is 0.0971. The van der Waals surface area contributed by atoms with Crippen LogP contribution in [0.15, 0.2) is 27.6 Å². The van der Waals surface area contributed by atoms with Crippen molar-refractivity contribution in [1.29, 1.82) is 0 Å². The zero-order chi connectivity index (χ0) is 20.8. The van der Waals surface area contributed by atoms with Crippen molar-refractivity contribution in [3.8, 4) is 5.75 Å². The van der Waals surface area contributed by atoms with Crippen molar-refractivity contribution in [2.75, 3.05) is 7.11 Å². The quantitative estimate of drug-likeness (QED) is 0.378. The molecule has 1 heterocycles. The van der Waals surface area contributed by atoms with Crippen LogP contribution in [-0.2, 0) is 11.2 Å². The minimum atomic E-state index is -0.783. The normalized spacial score (nSPS) is 10.9. The van der Waals surface area contributed by atoms with E-state index in [1.807, 2.05) is 0 Å². The van der Waals surface area contributed by atoms with E-state index in [0.29, 0.717) is 31.4 Å². The Balaban J connectivity index is 2.47. The van der Waals surface area contributed by atoms with Gasteiger partial charge in [0, 0.05) is 25.1 Å². The van der Waals surface area contributed by atoms with Crippen molar-refractivity contribution in [3.05, 3.63) is 40.1 Å². The van der Waals surface area contributed by atoms with Gasteiger partial charge in [-0.15, -0.1) is 0 Å². The third-order valence-electron chi connectivity index (χ3n) is 4.32. The van der Waals surface area contributed by atoms with Crippen LogP contribution in [0.5, 0.6) is 5.75 Å². The number of carbonyl (C=O) groups excluding carboxylic acids is 2. The van der Waals surface area contributed by atoms with Crippen LogP contribution < -0.4 is 10.9 Å². The van der Waals surface area contributed by atoms with Crippen LogP contribution in [0.3, 0.4) is 0 Å². The highest BCUT2D eigenvalue weighted by molar-refractivity contribution is 5.97. The molecule has 7 nitrogen and oxygen atoms in total. The maximum absolute atomic E-state index is 12.2. The van der Waals surface area contributed by atoms with Gasteiger partial charge in [0.15, 0.2) is 5.78 Å². The van der Waals surface area contributed by atoms with Gasteiger partial charge in [-0.25, -0.2) is 9.59 Å². The Bertz CT molecular complexity index is 707. The molecule has 0 saturated carbocycles. The van der Waals surface area contributed by atoms with E-state index >= 15 is 0 Å². The van der Waals surface area contributed by atoms with E-state index in [9.17, 15) is 19.5 Å². The fourth-order valence-electron chi connectivity index (χ4n) is 2.76. The highest BCUT2D eigenvalue weighted by atomic mass is 16.5. The molecule has 1 rings (SSSR count). The highest BCUT2D eigenvalue weighted by Crippen LogP contribution is 2.19. The molecule has 0 aliphatic heterocycles. The van der Waals surface area contributed by atoms with Crippen molar-refractivity contribution < 1.29 is 23.8 Å². The number of aryl methyl sites for hydroxylation is 1. The lowest BCUT2D eigenvalue weighted by atomic mass is 10.0. The van der Waals surface area contributed by atoms with Gasteiger partial charge in [0.2, 0.25) is 0 Å². The summed E-state index contributed by atoms with van der Waals surface area (Å²) in [6.45, 7) is 2.15. The molecule has 2 N–H and O–H groups in total. The van der Waals surface area contributed by atoms with Crippen LogP contribution >= 0.6 is 0 Å².